The maximum Gasteiger partial charge on any atom is 0.243 e. The van der Waals surface area contributed by atoms with Gasteiger partial charge in [0.25, 0.3) is 0 Å². The smallest absolute Gasteiger partial charge is 0.243 e. The molecule has 3 rings (SSSR count). The second kappa shape index (κ2) is 6.12. The fraction of sp³-hybridized carbons (Fsp3) is 0.222. The normalized spacial score (nSPS) is 16.7. The van der Waals surface area contributed by atoms with E-state index in [0.29, 0.717) is 5.90 Å². The molecule has 23 heavy (non-hydrogen) atoms. The van der Waals surface area contributed by atoms with Gasteiger partial charge in [0, 0.05) is 37.8 Å². The molecule has 1 aliphatic heterocycles. The van der Waals surface area contributed by atoms with Gasteiger partial charge in [0.15, 0.2) is 0 Å². The Morgan fingerprint density at radius 1 is 1.09 bits per heavy atom. The molecule has 1 atom stereocenters. The van der Waals surface area contributed by atoms with Gasteiger partial charge in [-0.05, 0) is 24.3 Å². The third-order valence-corrected chi connectivity index (χ3v) is 3.68. The highest BCUT2D eigenvalue weighted by molar-refractivity contribution is 5.96. The summed E-state index contributed by atoms with van der Waals surface area (Å²) in [6.45, 7) is 1.49. The highest BCUT2D eigenvalue weighted by Crippen LogP contribution is 2.30. The first kappa shape index (κ1) is 15.1. The first-order valence-electron chi connectivity index (χ1n) is 7.44. The van der Waals surface area contributed by atoms with Gasteiger partial charge in [-0.25, -0.2) is 0 Å². The Morgan fingerprint density at radius 2 is 1.74 bits per heavy atom. The minimum atomic E-state index is -0.516. The minimum Gasteiger partial charge on any atom is -0.446 e. The molecule has 0 aromatic heterocycles. The zero-order valence-electron chi connectivity index (χ0n) is 13.4. The molecule has 1 heterocycles. The molecule has 0 N–H and O–H groups in total. The summed E-state index contributed by atoms with van der Waals surface area (Å²) in [4.78, 5) is 13.9. The number of hydrogen-bond acceptors (Lipinski definition) is 4. The van der Waals surface area contributed by atoms with Crippen LogP contribution in [0.25, 0.3) is 0 Å². The molecule has 0 aliphatic carbocycles. The summed E-state index contributed by atoms with van der Waals surface area (Å²) in [5.74, 6) is 0.304. The zero-order valence-corrected chi connectivity index (χ0v) is 13.4. The van der Waals surface area contributed by atoms with Gasteiger partial charge < -0.3 is 9.64 Å². The Morgan fingerprint density at radius 3 is 2.30 bits per heavy atom. The molecule has 0 radical (unpaired) electrons. The molecule has 2 aromatic carbocycles. The zero-order chi connectivity index (χ0) is 16.4. The van der Waals surface area contributed by atoms with E-state index in [2.05, 4.69) is 5.10 Å². The predicted octanol–water partition coefficient (Wildman–Crippen LogP) is 2.99. The van der Waals surface area contributed by atoms with Crippen LogP contribution in [0.1, 0.15) is 24.3 Å². The SMILES string of the molecule is CC(=O)N1N=C(c2ccc(N(C)C)cc2)OC1c1ccccc1. The Balaban J connectivity index is 1.89. The quantitative estimate of drug-likeness (QED) is 0.875. The number of amides is 1. The van der Waals surface area contributed by atoms with E-state index in [1.54, 1.807) is 0 Å². The van der Waals surface area contributed by atoms with E-state index >= 15 is 0 Å². The highest BCUT2D eigenvalue weighted by Gasteiger charge is 2.32. The number of carbonyl (C=O) groups excluding carboxylic acids is 1. The molecule has 0 fully saturated rings. The summed E-state index contributed by atoms with van der Waals surface area (Å²) in [6, 6.07) is 17.5. The summed E-state index contributed by atoms with van der Waals surface area (Å²) in [7, 11) is 3.98. The lowest BCUT2D eigenvalue weighted by molar-refractivity contribution is -0.135. The van der Waals surface area contributed by atoms with Crippen molar-refractivity contribution in [2.75, 3.05) is 19.0 Å². The van der Waals surface area contributed by atoms with Crippen molar-refractivity contribution in [2.24, 2.45) is 5.10 Å². The van der Waals surface area contributed by atoms with Gasteiger partial charge in [-0.2, -0.15) is 5.01 Å². The lowest BCUT2D eigenvalue weighted by Gasteiger charge is -2.19. The van der Waals surface area contributed by atoms with Crippen LogP contribution in [0.3, 0.4) is 0 Å². The van der Waals surface area contributed by atoms with E-state index in [1.807, 2.05) is 73.6 Å². The molecule has 118 valence electrons. The van der Waals surface area contributed by atoms with Crippen molar-refractivity contribution in [3.8, 4) is 0 Å². The third-order valence-electron chi connectivity index (χ3n) is 3.68. The molecule has 0 saturated carbocycles. The van der Waals surface area contributed by atoms with Crippen LogP contribution in [0.2, 0.25) is 0 Å². The average molecular weight is 309 g/mol. The highest BCUT2D eigenvalue weighted by atomic mass is 16.5. The number of anilines is 1. The summed E-state index contributed by atoms with van der Waals surface area (Å²) in [6.07, 6.45) is -0.516. The Kier molecular flexibility index (Phi) is 4.02. The van der Waals surface area contributed by atoms with E-state index in [-0.39, 0.29) is 5.91 Å². The van der Waals surface area contributed by atoms with Crippen molar-refractivity contribution in [1.82, 2.24) is 5.01 Å². The van der Waals surface area contributed by atoms with Gasteiger partial charge in [-0.1, -0.05) is 30.3 Å². The van der Waals surface area contributed by atoms with Crippen molar-refractivity contribution >= 4 is 17.5 Å². The topological polar surface area (TPSA) is 45.1 Å². The van der Waals surface area contributed by atoms with Gasteiger partial charge in [0.05, 0.1) is 0 Å². The largest absolute Gasteiger partial charge is 0.446 e. The van der Waals surface area contributed by atoms with Crippen molar-refractivity contribution < 1.29 is 9.53 Å². The Labute approximate surface area is 135 Å². The van der Waals surface area contributed by atoms with Crippen LogP contribution >= 0.6 is 0 Å². The first-order chi connectivity index (χ1) is 11.1. The molecular formula is C18H19N3O2. The molecule has 0 bridgehead atoms. The third kappa shape index (κ3) is 3.04. The van der Waals surface area contributed by atoms with Gasteiger partial charge in [0.2, 0.25) is 18.0 Å². The van der Waals surface area contributed by atoms with Crippen LogP contribution in [0.5, 0.6) is 0 Å². The molecule has 1 amide bonds. The summed E-state index contributed by atoms with van der Waals surface area (Å²) in [5, 5.41) is 5.73. The van der Waals surface area contributed by atoms with Crippen LogP contribution < -0.4 is 4.90 Å². The van der Waals surface area contributed by atoms with E-state index in [0.717, 1.165) is 16.8 Å². The van der Waals surface area contributed by atoms with Gasteiger partial charge in [-0.15, -0.1) is 5.10 Å². The van der Waals surface area contributed by atoms with E-state index in [9.17, 15) is 4.79 Å². The van der Waals surface area contributed by atoms with Crippen LogP contribution in [0, 0.1) is 0 Å². The number of benzene rings is 2. The Bertz CT molecular complexity index is 724. The van der Waals surface area contributed by atoms with Crippen LogP contribution in [-0.2, 0) is 9.53 Å². The summed E-state index contributed by atoms with van der Waals surface area (Å²) >= 11 is 0. The van der Waals surface area contributed by atoms with E-state index < -0.39 is 6.23 Å². The lowest BCUT2D eigenvalue weighted by Crippen LogP contribution is -2.25. The predicted molar refractivity (Wildman–Crippen MR) is 90.1 cm³/mol. The molecule has 5 heteroatoms. The molecule has 1 unspecified atom stereocenters. The van der Waals surface area contributed by atoms with Gasteiger partial charge in [0.1, 0.15) is 0 Å². The van der Waals surface area contributed by atoms with Crippen LogP contribution in [-0.4, -0.2) is 30.9 Å². The molecule has 5 nitrogen and oxygen atoms in total. The second-order valence-corrected chi connectivity index (χ2v) is 5.59. The molecular weight excluding hydrogens is 290 g/mol. The molecule has 2 aromatic rings. The van der Waals surface area contributed by atoms with Crippen LogP contribution in [0.4, 0.5) is 5.69 Å². The van der Waals surface area contributed by atoms with Crippen LogP contribution in [0.15, 0.2) is 59.7 Å². The second-order valence-electron chi connectivity index (χ2n) is 5.59. The van der Waals surface area contributed by atoms with E-state index in [1.165, 1.54) is 11.9 Å². The van der Waals surface area contributed by atoms with Gasteiger partial charge >= 0.3 is 0 Å². The number of ether oxygens (including phenoxy) is 1. The maximum atomic E-state index is 11.9. The van der Waals surface area contributed by atoms with Crippen molar-refractivity contribution in [3.63, 3.8) is 0 Å². The molecule has 0 saturated heterocycles. The monoisotopic (exact) mass is 309 g/mol. The fourth-order valence-corrected chi connectivity index (χ4v) is 2.42. The molecule has 0 spiro atoms. The first-order valence-corrected chi connectivity index (χ1v) is 7.44. The lowest BCUT2D eigenvalue weighted by atomic mass is 10.2. The van der Waals surface area contributed by atoms with E-state index in [4.69, 9.17) is 4.74 Å². The van der Waals surface area contributed by atoms with Crippen molar-refractivity contribution in [2.45, 2.75) is 13.2 Å². The number of rotatable bonds is 3. The number of nitrogens with zero attached hydrogens (tertiary/aromatic N) is 3. The summed E-state index contributed by atoms with van der Waals surface area (Å²) in [5.41, 5.74) is 2.84. The Hall–Kier alpha value is -2.82. The standard InChI is InChI=1S/C18H19N3O2/c1-13(22)21-18(15-7-5-4-6-8-15)23-17(19-21)14-9-11-16(12-10-14)20(2)3/h4-12,18H,1-3H3. The number of hydrogen-bond donors (Lipinski definition) is 0. The van der Waals surface area contributed by atoms with Gasteiger partial charge in [-0.3, -0.25) is 4.79 Å². The number of hydrazone groups is 1. The van der Waals surface area contributed by atoms with Crippen molar-refractivity contribution in [3.05, 3.63) is 65.7 Å². The average Bonchev–Trinajstić information content (AvgIpc) is 3.01. The summed E-state index contributed by atoms with van der Waals surface area (Å²) < 4.78 is 5.95. The minimum absolute atomic E-state index is 0.154. The maximum absolute atomic E-state index is 11.9. The van der Waals surface area contributed by atoms with Crippen molar-refractivity contribution in [1.29, 1.82) is 0 Å². The number of carbonyl (C=O) groups is 1. The fourth-order valence-electron chi connectivity index (χ4n) is 2.42. The molecule has 1 aliphatic rings.